The highest BCUT2D eigenvalue weighted by Gasteiger charge is 2.26. The van der Waals surface area contributed by atoms with E-state index in [1.807, 2.05) is 30.3 Å². The van der Waals surface area contributed by atoms with Crippen molar-refractivity contribution >= 4 is 28.4 Å². The van der Waals surface area contributed by atoms with E-state index in [4.69, 9.17) is 9.47 Å². The quantitative estimate of drug-likeness (QED) is 0.810. The smallest absolute Gasteiger partial charge is 0.412 e. The Morgan fingerprint density at radius 1 is 1.21 bits per heavy atom. The van der Waals surface area contributed by atoms with Gasteiger partial charge in [0.1, 0.15) is 28.5 Å². The number of hydrogen-bond donors (Lipinski definition) is 2. The maximum absolute atomic E-state index is 12.2. The zero-order chi connectivity index (χ0) is 17.7. The van der Waals surface area contributed by atoms with Crippen molar-refractivity contribution in [1.82, 2.24) is 0 Å². The number of rotatable bonds is 4. The first-order valence-corrected chi connectivity index (χ1v) is 8.16. The minimum atomic E-state index is -0.717. The SMILES string of the molecule is CC(C)(C)OC(=O)c1c(O)csc1NC(=O)OCc1ccccc1. The van der Waals surface area contributed by atoms with E-state index in [0.29, 0.717) is 0 Å². The van der Waals surface area contributed by atoms with Crippen molar-refractivity contribution in [1.29, 1.82) is 0 Å². The lowest BCUT2D eigenvalue weighted by Gasteiger charge is -2.19. The number of nitrogens with one attached hydrogen (secondary N) is 1. The largest absolute Gasteiger partial charge is 0.506 e. The topological polar surface area (TPSA) is 84.9 Å². The molecule has 0 aliphatic rings. The van der Waals surface area contributed by atoms with Gasteiger partial charge in [-0.05, 0) is 26.3 Å². The molecular formula is C17H19NO5S. The number of anilines is 1. The average molecular weight is 349 g/mol. The summed E-state index contributed by atoms with van der Waals surface area (Å²) in [6, 6.07) is 9.21. The van der Waals surface area contributed by atoms with Gasteiger partial charge in [0, 0.05) is 5.38 Å². The second-order valence-corrected chi connectivity index (χ2v) is 6.89. The molecule has 0 unspecified atom stereocenters. The Hall–Kier alpha value is -2.54. The van der Waals surface area contributed by atoms with E-state index in [1.165, 1.54) is 5.38 Å². The molecule has 0 radical (unpaired) electrons. The van der Waals surface area contributed by atoms with Crippen molar-refractivity contribution in [2.24, 2.45) is 0 Å². The molecule has 2 rings (SSSR count). The Morgan fingerprint density at radius 3 is 2.50 bits per heavy atom. The summed E-state index contributed by atoms with van der Waals surface area (Å²) < 4.78 is 10.3. The molecule has 1 amide bonds. The van der Waals surface area contributed by atoms with Crippen molar-refractivity contribution in [3.63, 3.8) is 0 Å². The molecule has 0 bridgehead atoms. The first-order chi connectivity index (χ1) is 11.3. The number of carbonyl (C=O) groups is 2. The third-order valence-electron chi connectivity index (χ3n) is 2.80. The van der Waals surface area contributed by atoms with Gasteiger partial charge in [-0.1, -0.05) is 30.3 Å². The van der Waals surface area contributed by atoms with E-state index in [0.717, 1.165) is 16.9 Å². The van der Waals surface area contributed by atoms with Crippen molar-refractivity contribution < 1.29 is 24.2 Å². The summed E-state index contributed by atoms with van der Waals surface area (Å²) in [7, 11) is 0. The standard InChI is InChI=1S/C17H19NO5S/c1-17(2,3)23-15(20)13-12(19)10-24-14(13)18-16(21)22-9-11-7-5-4-6-8-11/h4-8,10,19H,9H2,1-3H3,(H,18,21). The van der Waals surface area contributed by atoms with Gasteiger partial charge in [0.15, 0.2) is 0 Å². The molecule has 0 saturated heterocycles. The average Bonchev–Trinajstić information content (AvgIpc) is 2.85. The predicted octanol–water partition coefficient (Wildman–Crippen LogP) is 4.16. The third kappa shape index (κ3) is 4.99. The molecular weight excluding hydrogens is 330 g/mol. The fourth-order valence-electron chi connectivity index (χ4n) is 1.82. The van der Waals surface area contributed by atoms with E-state index in [1.54, 1.807) is 20.8 Å². The van der Waals surface area contributed by atoms with Crippen molar-refractivity contribution in [3.8, 4) is 5.75 Å². The molecule has 1 aromatic carbocycles. The minimum Gasteiger partial charge on any atom is -0.506 e. The number of ether oxygens (including phenoxy) is 2. The first-order valence-electron chi connectivity index (χ1n) is 7.28. The molecule has 0 fully saturated rings. The summed E-state index contributed by atoms with van der Waals surface area (Å²) >= 11 is 1.02. The number of thiophene rings is 1. The van der Waals surface area contributed by atoms with Crippen LogP contribution in [0.3, 0.4) is 0 Å². The molecule has 2 aromatic rings. The highest BCUT2D eigenvalue weighted by Crippen LogP contribution is 2.34. The van der Waals surface area contributed by atoms with Crippen LogP contribution < -0.4 is 5.32 Å². The van der Waals surface area contributed by atoms with E-state index in [2.05, 4.69) is 5.32 Å². The maximum Gasteiger partial charge on any atom is 0.412 e. The zero-order valence-electron chi connectivity index (χ0n) is 13.7. The van der Waals surface area contributed by atoms with Gasteiger partial charge >= 0.3 is 12.1 Å². The van der Waals surface area contributed by atoms with Crippen LogP contribution in [0.2, 0.25) is 0 Å². The highest BCUT2D eigenvalue weighted by atomic mass is 32.1. The monoisotopic (exact) mass is 349 g/mol. The zero-order valence-corrected chi connectivity index (χ0v) is 14.5. The number of benzene rings is 1. The Balaban J connectivity index is 2.02. The molecule has 6 nitrogen and oxygen atoms in total. The van der Waals surface area contributed by atoms with Gasteiger partial charge in [0.05, 0.1) is 0 Å². The fraction of sp³-hybridized carbons (Fsp3) is 0.294. The van der Waals surface area contributed by atoms with Crippen molar-refractivity contribution in [2.45, 2.75) is 33.0 Å². The van der Waals surface area contributed by atoms with Crippen LogP contribution in [0.15, 0.2) is 35.7 Å². The van der Waals surface area contributed by atoms with E-state index in [9.17, 15) is 14.7 Å². The summed E-state index contributed by atoms with van der Waals surface area (Å²) in [5.74, 6) is -0.952. The Morgan fingerprint density at radius 2 is 1.88 bits per heavy atom. The molecule has 1 heterocycles. The summed E-state index contributed by atoms with van der Waals surface area (Å²) in [5.41, 5.74) is 0.0527. The Kier molecular flexibility index (Phi) is 5.46. The molecule has 0 aliphatic carbocycles. The lowest BCUT2D eigenvalue weighted by molar-refractivity contribution is 0.00687. The van der Waals surface area contributed by atoms with E-state index >= 15 is 0 Å². The van der Waals surface area contributed by atoms with Crippen LogP contribution in [0.4, 0.5) is 9.80 Å². The van der Waals surface area contributed by atoms with Crippen LogP contribution in [-0.4, -0.2) is 22.8 Å². The van der Waals surface area contributed by atoms with Gasteiger partial charge < -0.3 is 14.6 Å². The van der Waals surface area contributed by atoms with Crippen LogP contribution >= 0.6 is 11.3 Å². The number of esters is 1. The number of hydrogen-bond acceptors (Lipinski definition) is 6. The van der Waals surface area contributed by atoms with E-state index in [-0.39, 0.29) is 22.9 Å². The van der Waals surface area contributed by atoms with Gasteiger partial charge in [-0.3, -0.25) is 5.32 Å². The van der Waals surface area contributed by atoms with Crippen LogP contribution in [0.1, 0.15) is 36.7 Å². The Bertz CT molecular complexity index is 718. The van der Waals surface area contributed by atoms with E-state index < -0.39 is 17.7 Å². The number of amides is 1. The molecule has 0 aliphatic heterocycles. The second-order valence-electron chi connectivity index (χ2n) is 6.01. The normalized spacial score (nSPS) is 11.0. The summed E-state index contributed by atoms with van der Waals surface area (Å²) in [4.78, 5) is 24.1. The lowest BCUT2D eigenvalue weighted by Crippen LogP contribution is -2.24. The maximum atomic E-state index is 12.2. The summed E-state index contributed by atoms with van der Waals surface area (Å²) in [6.45, 7) is 5.26. The van der Waals surface area contributed by atoms with Crippen LogP contribution in [0.25, 0.3) is 0 Å². The van der Waals surface area contributed by atoms with Gasteiger partial charge in [0.25, 0.3) is 0 Å². The van der Waals surface area contributed by atoms with Gasteiger partial charge in [-0.2, -0.15) is 0 Å². The minimum absolute atomic E-state index is 0.0772. The molecule has 0 saturated carbocycles. The lowest BCUT2D eigenvalue weighted by atomic mass is 10.2. The molecule has 128 valence electrons. The van der Waals surface area contributed by atoms with Crippen molar-refractivity contribution in [2.75, 3.05) is 5.32 Å². The molecule has 2 N–H and O–H groups in total. The molecule has 24 heavy (non-hydrogen) atoms. The van der Waals surface area contributed by atoms with Crippen LogP contribution in [0, 0.1) is 0 Å². The van der Waals surface area contributed by atoms with Gasteiger partial charge in [0.2, 0.25) is 0 Å². The Labute approximate surface area is 144 Å². The fourth-order valence-corrected chi connectivity index (χ4v) is 2.61. The molecule has 0 atom stereocenters. The van der Waals surface area contributed by atoms with Crippen LogP contribution in [-0.2, 0) is 16.1 Å². The number of aromatic hydroxyl groups is 1. The van der Waals surface area contributed by atoms with Crippen LogP contribution in [0.5, 0.6) is 5.75 Å². The summed E-state index contributed by atoms with van der Waals surface area (Å²) in [6.07, 6.45) is -0.717. The molecule has 0 spiro atoms. The first kappa shape index (κ1) is 17.8. The van der Waals surface area contributed by atoms with Crippen molar-refractivity contribution in [3.05, 3.63) is 46.8 Å². The molecule has 7 heteroatoms. The highest BCUT2D eigenvalue weighted by molar-refractivity contribution is 7.15. The third-order valence-corrected chi connectivity index (χ3v) is 3.69. The predicted molar refractivity (Wildman–Crippen MR) is 91.4 cm³/mol. The molecule has 1 aromatic heterocycles. The number of carbonyl (C=O) groups excluding carboxylic acids is 2. The second kappa shape index (κ2) is 7.35. The summed E-state index contributed by atoms with van der Waals surface area (Å²) in [5, 5.41) is 13.8. The van der Waals surface area contributed by atoms with Gasteiger partial charge in [-0.25, -0.2) is 9.59 Å². The van der Waals surface area contributed by atoms with Gasteiger partial charge in [-0.15, -0.1) is 11.3 Å².